The van der Waals surface area contributed by atoms with E-state index in [2.05, 4.69) is 0 Å². The zero-order valence-electron chi connectivity index (χ0n) is 9.53. The molecule has 1 aromatic rings. The second-order valence-electron chi connectivity index (χ2n) is 3.50. The van der Waals surface area contributed by atoms with E-state index in [9.17, 15) is 4.79 Å². The maximum atomic E-state index is 11.0. The van der Waals surface area contributed by atoms with Gasteiger partial charge in [-0.05, 0) is 19.1 Å². The van der Waals surface area contributed by atoms with Crippen LogP contribution >= 0.6 is 0 Å². The Labute approximate surface area is 94.8 Å². The highest BCUT2D eigenvalue weighted by Crippen LogP contribution is 2.20. The van der Waals surface area contributed by atoms with Crippen molar-refractivity contribution in [3.63, 3.8) is 0 Å². The Morgan fingerprint density at radius 1 is 1.38 bits per heavy atom. The van der Waals surface area contributed by atoms with E-state index in [1.807, 2.05) is 13.0 Å². The fraction of sp³-hybridized carbons (Fsp3) is 0.417. The Morgan fingerprint density at radius 2 is 2.12 bits per heavy atom. The zero-order valence-corrected chi connectivity index (χ0v) is 9.53. The standard InChI is InChI=1S/C12H16O4/c1-9-4-5-11(10(8-9)12(13)14)16-7-3-6-15-2/h4-5,8H,3,6-7H2,1-2H3,(H,13,14). The van der Waals surface area contributed by atoms with Crippen molar-refractivity contribution in [3.8, 4) is 5.75 Å². The van der Waals surface area contributed by atoms with Gasteiger partial charge in [-0.15, -0.1) is 0 Å². The van der Waals surface area contributed by atoms with E-state index in [4.69, 9.17) is 14.6 Å². The third-order valence-corrected chi connectivity index (χ3v) is 2.12. The molecule has 0 aromatic heterocycles. The van der Waals surface area contributed by atoms with Crippen molar-refractivity contribution < 1.29 is 19.4 Å². The summed E-state index contributed by atoms with van der Waals surface area (Å²) in [5.74, 6) is -0.556. The molecule has 4 heteroatoms. The Hall–Kier alpha value is -1.55. The van der Waals surface area contributed by atoms with Crippen LogP contribution in [0.15, 0.2) is 18.2 Å². The first-order valence-corrected chi connectivity index (χ1v) is 5.11. The predicted octanol–water partition coefficient (Wildman–Crippen LogP) is 2.11. The van der Waals surface area contributed by atoms with E-state index in [1.165, 1.54) is 0 Å². The van der Waals surface area contributed by atoms with Crippen molar-refractivity contribution in [3.05, 3.63) is 29.3 Å². The van der Waals surface area contributed by atoms with E-state index in [1.54, 1.807) is 19.2 Å². The van der Waals surface area contributed by atoms with Gasteiger partial charge in [-0.2, -0.15) is 0 Å². The number of aromatic carboxylic acids is 1. The molecule has 0 heterocycles. The minimum atomic E-state index is -0.967. The van der Waals surface area contributed by atoms with Crippen molar-refractivity contribution in [2.45, 2.75) is 13.3 Å². The first-order chi connectivity index (χ1) is 7.65. The highest BCUT2D eigenvalue weighted by molar-refractivity contribution is 5.91. The summed E-state index contributed by atoms with van der Waals surface area (Å²) >= 11 is 0. The van der Waals surface area contributed by atoms with Crippen molar-refractivity contribution in [2.24, 2.45) is 0 Å². The molecule has 0 saturated carbocycles. The van der Waals surface area contributed by atoms with Crippen LogP contribution in [-0.2, 0) is 4.74 Å². The SMILES string of the molecule is COCCCOc1ccc(C)cc1C(=O)O. The number of hydrogen-bond donors (Lipinski definition) is 1. The lowest BCUT2D eigenvalue weighted by molar-refractivity contribution is 0.0691. The van der Waals surface area contributed by atoms with Crippen molar-refractivity contribution in [2.75, 3.05) is 20.3 Å². The molecule has 0 aliphatic rings. The molecule has 1 rings (SSSR count). The molecule has 0 radical (unpaired) electrons. The first-order valence-electron chi connectivity index (χ1n) is 5.11. The average molecular weight is 224 g/mol. The summed E-state index contributed by atoms with van der Waals surface area (Å²) < 4.78 is 10.3. The monoisotopic (exact) mass is 224 g/mol. The van der Waals surface area contributed by atoms with Gasteiger partial charge in [0, 0.05) is 20.1 Å². The normalized spacial score (nSPS) is 10.1. The summed E-state index contributed by atoms with van der Waals surface area (Å²) in [7, 11) is 1.62. The second-order valence-corrected chi connectivity index (χ2v) is 3.50. The Bertz CT molecular complexity index is 360. The van der Waals surface area contributed by atoms with Crippen LogP contribution in [0, 0.1) is 6.92 Å². The van der Waals surface area contributed by atoms with Crippen molar-refractivity contribution in [1.82, 2.24) is 0 Å². The molecule has 0 aliphatic heterocycles. The summed E-state index contributed by atoms with van der Waals surface area (Å²) in [5.41, 5.74) is 1.11. The van der Waals surface area contributed by atoms with Gasteiger partial charge in [0.1, 0.15) is 11.3 Å². The van der Waals surface area contributed by atoms with Crippen molar-refractivity contribution in [1.29, 1.82) is 0 Å². The van der Waals surface area contributed by atoms with Gasteiger partial charge in [-0.25, -0.2) is 4.79 Å². The van der Waals surface area contributed by atoms with E-state index in [0.717, 1.165) is 12.0 Å². The van der Waals surface area contributed by atoms with Crippen LogP contribution in [0.3, 0.4) is 0 Å². The van der Waals surface area contributed by atoms with Gasteiger partial charge in [0.25, 0.3) is 0 Å². The number of hydrogen-bond acceptors (Lipinski definition) is 3. The van der Waals surface area contributed by atoms with E-state index in [0.29, 0.717) is 19.0 Å². The maximum absolute atomic E-state index is 11.0. The lowest BCUT2D eigenvalue weighted by Gasteiger charge is -2.09. The first kappa shape index (κ1) is 12.5. The Morgan fingerprint density at radius 3 is 2.75 bits per heavy atom. The van der Waals surface area contributed by atoms with Crippen LogP contribution in [0.4, 0.5) is 0 Å². The molecule has 0 atom stereocenters. The molecule has 0 saturated heterocycles. The lowest BCUT2D eigenvalue weighted by atomic mass is 10.1. The molecule has 88 valence electrons. The molecule has 0 aliphatic carbocycles. The van der Waals surface area contributed by atoms with Crippen LogP contribution in [0.1, 0.15) is 22.3 Å². The fourth-order valence-electron chi connectivity index (χ4n) is 1.32. The number of carboxylic acid groups (broad SMARTS) is 1. The molecule has 0 unspecified atom stereocenters. The lowest BCUT2D eigenvalue weighted by Crippen LogP contribution is -2.06. The smallest absolute Gasteiger partial charge is 0.339 e. The van der Waals surface area contributed by atoms with Crippen LogP contribution in [0.2, 0.25) is 0 Å². The van der Waals surface area contributed by atoms with Crippen LogP contribution in [0.5, 0.6) is 5.75 Å². The zero-order chi connectivity index (χ0) is 12.0. The quantitative estimate of drug-likeness (QED) is 0.752. The Balaban J connectivity index is 2.67. The number of ether oxygens (including phenoxy) is 2. The van der Waals surface area contributed by atoms with Crippen LogP contribution in [-0.4, -0.2) is 31.4 Å². The molecule has 0 bridgehead atoms. The molecule has 0 fully saturated rings. The molecular formula is C12H16O4. The summed E-state index contributed by atoms with van der Waals surface area (Å²) in [6.07, 6.45) is 0.740. The van der Waals surface area contributed by atoms with Crippen LogP contribution < -0.4 is 4.74 Å². The summed E-state index contributed by atoms with van der Waals surface area (Å²) in [5, 5.41) is 8.99. The second kappa shape index (κ2) is 6.12. The highest BCUT2D eigenvalue weighted by Gasteiger charge is 2.10. The number of benzene rings is 1. The van der Waals surface area contributed by atoms with Gasteiger partial charge >= 0.3 is 5.97 Å². The van der Waals surface area contributed by atoms with E-state index >= 15 is 0 Å². The molecule has 16 heavy (non-hydrogen) atoms. The fourth-order valence-corrected chi connectivity index (χ4v) is 1.32. The van der Waals surface area contributed by atoms with Crippen molar-refractivity contribution >= 4 is 5.97 Å². The molecule has 1 N–H and O–H groups in total. The third kappa shape index (κ3) is 3.55. The minimum Gasteiger partial charge on any atom is -0.493 e. The molecule has 1 aromatic carbocycles. The van der Waals surface area contributed by atoms with Gasteiger partial charge < -0.3 is 14.6 Å². The highest BCUT2D eigenvalue weighted by atomic mass is 16.5. The topological polar surface area (TPSA) is 55.8 Å². The van der Waals surface area contributed by atoms with Gasteiger partial charge in [0.2, 0.25) is 0 Å². The molecular weight excluding hydrogens is 208 g/mol. The molecule has 0 amide bonds. The summed E-state index contributed by atoms with van der Waals surface area (Å²) in [6.45, 7) is 2.91. The maximum Gasteiger partial charge on any atom is 0.339 e. The van der Waals surface area contributed by atoms with Crippen LogP contribution in [0.25, 0.3) is 0 Å². The summed E-state index contributed by atoms with van der Waals surface area (Å²) in [6, 6.07) is 5.12. The largest absolute Gasteiger partial charge is 0.493 e. The van der Waals surface area contributed by atoms with Gasteiger partial charge in [-0.3, -0.25) is 0 Å². The number of carboxylic acids is 1. The number of rotatable bonds is 6. The van der Waals surface area contributed by atoms with Gasteiger partial charge in [0.15, 0.2) is 0 Å². The third-order valence-electron chi connectivity index (χ3n) is 2.12. The number of aryl methyl sites for hydroxylation is 1. The van der Waals surface area contributed by atoms with E-state index in [-0.39, 0.29) is 5.56 Å². The Kier molecular flexibility index (Phi) is 4.79. The predicted molar refractivity (Wildman–Crippen MR) is 60.1 cm³/mol. The molecule has 0 spiro atoms. The minimum absolute atomic E-state index is 0.206. The number of methoxy groups -OCH3 is 1. The average Bonchev–Trinajstić information content (AvgIpc) is 2.26. The van der Waals surface area contributed by atoms with Gasteiger partial charge in [0.05, 0.1) is 6.61 Å². The van der Waals surface area contributed by atoms with E-state index < -0.39 is 5.97 Å². The summed E-state index contributed by atoms with van der Waals surface area (Å²) in [4.78, 5) is 11.0. The van der Waals surface area contributed by atoms with Gasteiger partial charge in [-0.1, -0.05) is 11.6 Å². The number of carbonyl (C=O) groups is 1. The molecule has 4 nitrogen and oxygen atoms in total.